The Hall–Kier alpha value is -3.73. The number of fused-ring (bicyclic) bond motifs is 1. The third-order valence-corrected chi connectivity index (χ3v) is 4.43. The van der Waals surface area contributed by atoms with E-state index >= 15 is 0 Å². The molecule has 0 atom stereocenters. The summed E-state index contributed by atoms with van der Waals surface area (Å²) in [4.78, 5) is 21.6. The number of aromatic nitrogens is 2. The molecule has 0 radical (unpaired) electrons. The van der Waals surface area contributed by atoms with E-state index in [0.717, 1.165) is 22.0 Å². The number of rotatable bonds is 4. The molecule has 0 aliphatic rings. The monoisotopic (exact) mass is 369 g/mol. The van der Waals surface area contributed by atoms with Gasteiger partial charge in [0, 0.05) is 17.8 Å². The minimum Gasteiger partial charge on any atom is -0.438 e. The number of nitrogens with one attached hydrogen (secondary N) is 1. The van der Waals surface area contributed by atoms with Crippen LogP contribution < -0.4 is 10.1 Å². The van der Waals surface area contributed by atoms with E-state index in [2.05, 4.69) is 15.3 Å². The van der Waals surface area contributed by atoms with E-state index in [1.165, 1.54) is 0 Å². The number of anilines is 1. The second-order valence-corrected chi connectivity index (χ2v) is 6.56. The molecule has 0 aliphatic carbocycles. The van der Waals surface area contributed by atoms with Crippen molar-refractivity contribution >= 4 is 22.5 Å². The van der Waals surface area contributed by atoms with Crippen LogP contribution in [-0.4, -0.2) is 15.9 Å². The minimum absolute atomic E-state index is 0.264. The highest BCUT2D eigenvalue weighted by atomic mass is 16.5. The first-order valence-corrected chi connectivity index (χ1v) is 8.97. The molecule has 5 heteroatoms. The van der Waals surface area contributed by atoms with Gasteiger partial charge >= 0.3 is 0 Å². The van der Waals surface area contributed by atoms with Crippen molar-refractivity contribution < 1.29 is 9.53 Å². The van der Waals surface area contributed by atoms with Crippen LogP contribution in [0.1, 0.15) is 21.5 Å². The van der Waals surface area contributed by atoms with Crippen molar-refractivity contribution in [3.63, 3.8) is 0 Å². The second kappa shape index (κ2) is 7.48. The molecule has 2 heterocycles. The number of pyridine rings is 2. The number of amides is 1. The highest BCUT2D eigenvalue weighted by Gasteiger charge is 2.16. The Labute approximate surface area is 163 Å². The number of carbonyl (C=O) groups is 1. The summed E-state index contributed by atoms with van der Waals surface area (Å²) in [6.45, 7) is 3.99. The van der Waals surface area contributed by atoms with E-state index in [1.807, 2.05) is 62.4 Å². The number of hydrogen-bond donors (Lipinski definition) is 1. The van der Waals surface area contributed by atoms with Gasteiger partial charge in [-0.05, 0) is 49.7 Å². The molecule has 4 rings (SSSR count). The summed E-state index contributed by atoms with van der Waals surface area (Å²) in [7, 11) is 0. The molecular weight excluding hydrogens is 350 g/mol. The third-order valence-electron chi connectivity index (χ3n) is 4.43. The fraction of sp³-hybridized carbons (Fsp3) is 0.0870. The third kappa shape index (κ3) is 3.55. The lowest BCUT2D eigenvalue weighted by molar-refractivity contribution is 0.102. The first-order valence-electron chi connectivity index (χ1n) is 8.97. The molecule has 138 valence electrons. The van der Waals surface area contributed by atoms with Crippen LogP contribution in [0.2, 0.25) is 0 Å². The summed E-state index contributed by atoms with van der Waals surface area (Å²) in [6, 6.07) is 18.8. The molecule has 0 spiro atoms. The fourth-order valence-corrected chi connectivity index (χ4v) is 3.06. The van der Waals surface area contributed by atoms with Crippen LogP contribution in [0.4, 0.5) is 5.69 Å². The van der Waals surface area contributed by atoms with Gasteiger partial charge in [0.25, 0.3) is 5.91 Å². The quantitative estimate of drug-likeness (QED) is 0.531. The molecule has 0 saturated carbocycles. The van der Waals surface area contributed by atoms with Crippen LogP contribution in [0.15, 0.2) is 73.1 Å². The standard InChI is InChI=1S/C23H19N3O2/c1-15-10-11-20(16(2)14-15)28-23-18(8-5-13-25-23)22(27)26-19-9-3-6-17-7-4-12-24-21(17)19/h3-14H,1-2H3,(H,26,27). The van der Waals surface area contributed by atoms with E-state index in [9.17, 15) is 4.79 Å². The maximum absolute atomic E-state index is 12.9. The van der Waals surface area contributed by atoms with Crippen molar-refractivity contribution in [1.29, 1.82) is 0 Å². The normalized spacial score (nSPS) is 10.6. The number of hydrogen-bond acceptors (Lipinski definition) is 4. The predicted octanol–water partition coefficient (Wildman–Crippen LogP) is 5.29. The molecule has 0 unspecified atom stereocenters. The average Bonchev–Trinajstić information content (AvgIpc) is 2.71. The van der Waals surface area contributed by atoms with Gasteiger partial charge in [-0.25, -0.2) is 4.98 Å². The number of ether oxygens (including phenoxy) is 1. The molecule has 0 saturated heterocycles. The zero-order valence-corrected chi connectivity index (χ0v) is 15.6. The highest BCUT2D eigenvalue weighted by molar-refractivity contribution is 6.09. The van der Waals surface area contributed by atoms with Crippen LogP contribution in [0, 0.1) is 13.8 Å². The van der Waals surface area contributed by atoms with E-state index in [0.29, 0.717) is 17.0 Å². The van der Waals surface area contributed by atoms with Gasteiger partial charge in [0.2, 0.25) is 5.88 Å². The molecule has 0 bridgehead atoms. The summed E-state index contributed by atoms with van der Waals surface area (Å²) >= 11 is 0. The number of nitrogens with zero attached hydrogens (tertiary/aromatic N) is 2. The van der Waals surface area contributed by atoms with Crippen molar-refractivity contribution in [2.45, 2.75) is 13.8 Å². The van der Waals surface area contributed by atoms with Crippen molar-refractivity contribution in [3.05, 3.63) is 89.7 Å². The highest BCUT2D eigenvalue weighted by Crippen LogP contribution is 2.28. The summed E-state index contributed by atoms with van der Waals surface area (Å²) in [5.74, 6) is 0.636. The van der Waals surface area contributed by atoms with Gasteiger partial charge in [0.15, 0.2) is 0 Å². The molecular formula is C23H19N3O2. The molecule has 0 fully saturated rings. The molecule has 2 aromatic heterocycles. The maximum atomic E-state index is 12.9. The van der Waals surface area contributed by atoms with Gasteiger partial charge in [0.1, 0.15) is 11.3 Å². The van der Waals surface area contributed by atoms with E-state index in [1.54, 1.807) is 24.5 Å². The smallest absolute Gasteiger partial charge is 0.261 e. The van der Waals surface area contributed by atoms with E-state index in [4.69, 9.17) is 4.74 Å². The lowest BCUT2D eigenvalue weighted by Gasteiger charge is -2.13. The van der Waals surface area contributed by atoms with Gasteiger partial charge in [-0.15, -0.1) is 0 Å². The number of carbonyl (C=O) groups excluding carboxylic acids is 1. The van der Waals surface area contributed by atoms with Crippen LogP contribution in [0.25, 0.3) is 10.9 Å². The van der Waals surface area contributed by atoms with Crippen LogP contribution in [0.3, 0.4) is 0 Å². The Kier molecular flexibility index (Phi) is 4.72. The number of benzene rings is 2. The fourth-order valence-electron chi connectivity index (χ4n) is 3.06. The first-order chi connectivity index (χ1) is 13.6. The Morgan fingerprint density at radius 2 is 1.71 bits per heavy atom. The van der Waals surface area contributed by atoms with Crippen LogP contribution in [-0.2, 0) is 0 Å². The summed E-state index contributed by atoms with van der Waals surface area (Å²) in [5.41, 5.74) is 3.86. The van der Waals surface area contributed by atoms with Gasteiger partial charge in [-0.3, -0.25) is 9.78 Å². The molecule has 28 heavy (non-hydrogen) atoms. The van der Waals surface area contributed by atoms with Gasteiger partial charge < -0.3 is 10.1 Å². The van der Waals surface area contributed by atoms with Crippen molar-refractivity contribution in [3.8, 4) is 11.6 Å². The Bertz CT molecular complexity index is 1170. The summed E-state index contributed by atoms with van der Waals surface area (Å²) in [6.07, 6.45) is 3.31. The van der Waals surface area contributed by atoms with Gasteiger partial charge in [-0.1, -0.05) is 35.9 Å². The molecule has 1 amide bonds. The average molecular weight is 369 g/mol. The van der Waals surface area contributed by atoms with Crippen molar-refractivity contribution in [2.24, 2.45) is 0 Å². The summed E-state index contributed by atoms with van der Waals surface area (Å²) < 4.78 is 5.95. The minimum atomic E-state index is -0.300. The Morgan fingerprint density at radius 1 is 0.929 bits per heavy atom. The number of aryl methyl sites for hydroxylation is 2. The maximum Gasteiger partial charge on any atom is 0.261 e. The molecule has 5 nitrogen and oxygen atoms in total. The lowest BCUT2D eigenvalue weighted by atomic mass is 10.1. The van der Waals surface area contributed by atoms with Crippen molar-refractivity contribution in [2.75, 3.05) is 5.32 Å². The Morgan fingerprint density at radius 3 is 2.57 bits per heavy atom. The first kappa shape index (κ1) is 17.7. The largest absolute Gasteiger partial charge is 0.438 e. The van der Waals surface area contributed by atoms with Gasteiger partial charge in [-0.2, -0.15) is 0 Å². The van der Waals surface area contributed by atoms with Crippen LogP contribution in [0.5, 0.6) is 11.6 Å². The predicted molar refractivity (Wildman–Crippen MR) is 110 cm³/mol. The zero-order chi connectivity index (χ0) is 19.5. The number of para-hydroxylation sites is 1. The zero-order valence-electron chi connectivity index (χ0n) is 15.6. The lowest BCUT2D eigenvalue weighted by Crippen LogP contribution is -2.14. The van der Waals surface area contributed by atoms with E-state index in [-0.39, 0.29) is 11.8 Å². The molecule has 4 aromatic rings. The summed E-state index contributed by atoms with van der Waals surface area (Å²) in [5, 5.41) is 3.89. The van der Waals surface area contributed by atoms with Gasteiger partial charge in [0.05, 0.1) is 11.2 Å². The van der Waals surface area contributed by atoms with Crippen molar-refractivity contribution in [1.82, 2.24) is 9.97 Å². The second-order valence-electron chi connectivity index (χ2n) is 6.56. The molecule has 0 aliphatic heterocycles. The topological polar surface area (TPSA) is 64.1 Å². The SMILES string of the molecule is Cc1ccc(Oc2ncccc2C(=O)Nc2cccc3cccnc23)c(C)c1. The van der Waals surface area contributed by atoms with Crippen LogP contribution >= 0.6 is 0 Å². The molecule has 1 N–H and O–H groups in total. The van der Waals surface area contributed by atoms with E-state index < -0.39 is 0 Å². The Balaban J connectivity index is 1.65. The molecule has 2 aromatic carbocycles.